The summed E-state index contributed by atoms with van der Waals surface area (Å²) in [7, 11) is -0.276. The summed E-state index contributed by atoms with van der Waals surface area (Å²) in [6.45, 7) is 7.11. The number of methoxy groups -OCH3 is 1. The van der Waals surface area contributed by atoms with Crippen molar-refractivity contribution in [3.63, 3.8) is 0 Å². The maximum absolute atomic E-state index is 13.0. The number of nitrogen functional groups attached to an aromatic ring is 1. The van der Waals surface area contributed by atoms with Crippen molar-refractivity contribution < 1.29 is 32.8 Å². The molecule has 0 radical (unpaired) electrons. The van der Waals surface area contributed by atoms with Gasteiger partial charge in [0.1, 0.15) is 29.9 Å². The molecule has 0 saturated carbocycles. The predicted molar refractivity (Wildman–Crippen MR) is 166 cm³/mol. The number of nitrogens with two attached hydrogens (primary N) is 1. The molecule has 4 unspecified atom stereocenters. The number of pyridine rings is 1. The lowest BCUT2D eigenvalue weighted by molar-refractivity contribution is -0.154. The average molecular weight is 640 g/mol. The third-order valence-corrected chi connectivity index (χ3v) is 9.22. The van der Waals surface area contributed by atoms with E-state index in [2.05, 4.69) is 31.9 Å². The number of rotatable bonds is 11. The fraction of sp³-hybridized carbons (Fsp3) is 0.500. The lowest BCUT2D eigenvalue weighted by Crippen LogP contribution is -2.37. The molecule has 4 aromatic rings. The highest BCUT2D eigenvalue weighted by atomic mass is 31.2. The van der Waals surface area contributed by atoms with Crippen LogP contribution in [-0.2, 0) is 23.5 Å². The van der Waals surface area contributed by atoms with Gasteiger partial charge in [0, 0.05) is 30.3 Å². The van der Waals surface area contributed by atoms with Gasteiger partial charge in [0.15, 0.2) is 11.2 Å². The molecule has 15 heteroatoms. The first kappa shape index (κ1) is 31.3. The van der Waals surface area contributed by atoms with Gasteiger partial charge in [-0.25, -0.2) is 10.1 Å². The molecule has 5 heterocycles. The third kappa shape index (κ3) is 6.95. The number of ether oxygens (including phenoxy) is 4. The van der Waals surface area contributed by atoms with Crippen LogP contribution in [0.15, 0.2) is 36.5 Å². The molecule has 5 atom stereocenters. The minimum atomic E-state index is -1.80. The molecule has 6 rings (SSSR count). The number of aryl methyl sites for hydroxylation is 1. The van der Waals surface area contributed by atoms with Crippen molar-refractivity contribution in [1.29, 1.82) is 0 Å². The van der Waals surface area contributed by atoms with Gasteiger partial charge in [-0.2, -0.15) is 9.97 Å². The van der Waals surface area contributed by atoms with Crippen LogP contribution in [0.1, 0.15) is 45.2 Å². The van der Waals surface area contributed by atoms with Crippen molar-refractivity contribution in [2.24, 2.45) is 5.92 Å². The van der Waals surface area contributed by atoms with Gasteiger partial charge < -0.3 is 33.7 Å². The largest absolute Gasteiger partial charge is 0.479 e. The first-order valence-corrected chi connectivity index (χ1v) is 16.2. The van der Waals surface area contributed by atoms with Crippen LogP contribution in [-0.4, -0.2) is 75.7 Å². The number of nitrogens with zero attached hydrogens (tertiary/aromatic N) is 5. The zero-order valence-electron chi connectivity index (χ0n) is 25.7. The van der Waals surface area contributed by atoms with E-state index in [4.69, 9.17) is 33.7 Å². The summed E-state index contributed by atoms with van der Waals surface area (Å²) >= 11 is 0. The van der Waals surface area contributed by atoms with Crippen LogP contribution in [0.25, 0.3) is 22.1 Å². The zero-order valence-corrected chi connectivity index (χ0v) is 26.6. The molecule has 2 aliphatic heterocycles. The first-order chi connectivity index (χ1) is 21.8. The Hall–Kier alpha value is -3.68. The van der Waals surface area contributed by atoms with E-state index in [9.17, 15) is 4.79 Å². The molecule has 0 spiro atoms. The SMILES string of the molecule is COc1nc(N)nc2c1nc(C)n2C1OC(COP(NC(C)C(=O)OC2CCOCC2)Oc2cccc3ncccc23)C[C@@H]1C. The van der Waals surface area contributed by atoms with Crippen molar-refractivity contribution >= 4 is 42.5 Å². The second-order valence-corrected chi connectivity index (χ2v) is 12.4. The molecule has 3 aromatic heterocycles. The van der Waals surface area contributed by atoms with E-state index in [0.717, 1.165) is 10.9 Å². The Kier molecular flexibility index (Phi) is 9.57. The molecule has 0 bridgehead atoms. The van der Waals surface area contributed by atoms with Crippen LogP contribution < -0.4 is 20.1 Å². The van der Waals surface area contributed by atoms with Gasteiger partial charge >= 0.3 is 14.5 Å². The molecule has 0 aliphatic carbocycles. The lowest BCUT2D eigenvalue weighted by Gasteiger charge is -2.26. The van der Waals surface area contributed by atoms with E-state index in [0.29, 0.717) is 61.1 Å². The maximum Gasteiger partial charge on any atom is 0.323 e. The van der Waals surface area contributed by atoms with Crippen molar-refractivity contribution in [3.8, 4) is 11.6 Å². The molecule has 45 heavy (non-hydrogen) atoms. The second-order valence-electron chi connectivity index (χ2n) is 11.2. The summed E-state index contributed by atoms with van der Waals surface area (Å²) in [5.41, 5.74) is 7.82. The van der Waals surface area contributed by atoms with Crippen LogP contribution in [0, 0.1) is 12.8 Å². The van der Waals surface area contributed by atoms with Crippen LogP contribution in [0.5, 0.6) is 11.6 Å². The maximum atomic E-state index is 13.0. The minimum Gasteiger partial charge on any atom is -0.479 e. The van der Waals surface area contributed by atoms with Crippen LogP contribution in [0.3, 0.4) is 0 Å². The summed E-state index contributed by atoms with van der Waals surface area (Å²) in [5, 5.41) is 4.06. The van der Waals surface area contributed by atoms with Gasteiger partial charge in [0.25, 0.3) is 0 Å². The van der Waals surface area contributed by atoms with Gasteiger partial charge in [-0.15, -0.1) is 0 Å². The summed E-state index contributed by atoms with van der Waals surface area (Å²) in [6, 6.07) is 8.75. The summed E-state index contributed by atoms with van der Waals surface area (Å²) in [5.74, 6) is 1.44. The molecule has 2 aliphatic rings. The predicted octanol–water partition coefficient (Wildman–Crippen LogP) is 4.22. The number of hydrogen-bond donors (Lipinski definition) is 2. The molecule has 240 valence electrons. The Bertz CT molecular complexity index is 1640. The molecule has 14 nitrogen and oxygen atoms in total. The Labute approximate surface area is 261 Å². The fourth-order valence-electron chi connectivity index (χ4n) is 5.62. The number of nitrogens with one attached hydrogen (secondary N) is 1. The first-order valence-electron chi connectivity index (χ1n) is 15.0. The van der Waals surface area contributed by atoms with E-state index >= 15 is 0 Å². The smallest absolute Gasteiger partial charge is 0.323 e. The fourth-order valence-corrected chi connectivity index (χ4v) is 6.86. The summed E-state index contributed by atoms with van der Waals surface area (Å²) < 4.78 is 37.7. The van der Waals surface area contributed by atoms with E-state index in [-0.39, 0.29) is 42.9 Å². The summed E-state index contributed by atoms with van der Waals surface area (Å²) in [4.78, 5) is 30.6. The number of fused-ring (bicyclic) bond motifs is 2. The molecule has 2 saturated heterocycles. The minimum absolute atomic E-state index is 0.0907. The molecular weight excluding hydrogens is 601 g/mol. The van der Waals surface area contributed by atoms with E-state index in [1.165, 1.54) is 7.11 Å². The van der Waals surface area contributed by atoms with Crippen molar-refractivity contribution in [1.82, 2.24) is 29.6 Å². The second kappa shape index (κ2) is 13.8. The van der Waals surface area contributed by atoms with Gasteiger partial charge in [0.05, 0.1) is 38.6 Å². The number of carbonyl (C=O) groups excluding carboxylic acids is 1. The third-order valence-electron chi connectivity index (χ3n) is 7.87. The summed E-state index contributed by atoms with van der Waals surface area (Å²) in [6.07, 6.45) is 3.01. The standard InChI is InChI=1S/C30H38N7O7P/c1-17-15-21(42-28(17)37-19(3)33-25-26(37)34-30(31)35-27(25)39-4)16-41-45(36-18(2)29(38)43-20-10-13-40-14-11-20)44-24-9-5-8-23-22(24)7-6-12-32-23/h5-9,12,17-18,20-21,28,36H,10-11,13-16H2,1-4H3,(H2,31,34,35)/t17-,18?,21?,28?,45?/m0/s1. The highest BCUT2D eigenvalue weighted by molar-refractivity contribution is 7.45. The number of carbonyl (C=O) groups is 1. The number of anilines is 1. The van der Waals surface area contributed by atoms with Crippen molar-refractivity contribution in [3.05, 3.63) is 42.4 Å². The Morgan fingerprint density at radius 2 is 2.02 bits per heavy atom. The Balaban J connectivity index is 1.17. The Morgan fingerprint density at radius 3 is 2.82 bits per heavy atom. The number of benzene rings is 1. The highest BCUT2D eigenvalue weighted by Gasteiger charge is 2.37. The van der Waals surface area contributed by atoms with E-state index in [1.807, 2.05) is 41.8 Å². The lowest BCUT2D eigenvalue weighted by atomic mass is 10.1. The quantitative estimate of drug-likeness (QED) is 0.177. The van der Waals surface area contributed by atoms with Gasteiger partial charge in [-0.3, -0.25) is 14.3 Å². The van der Waals surface area contributed by atoms with E-state index in [1.54, 1.807) is 13.1 Å². The monoisotopic (exact) mass is 639 g/mol. The van der Waals surface area contributed by atoms with Crippen molar-refractivity contribution in [2.45, 2.75) is 64.5 Å². The molecular formula is C30H38N7O7P. The van der Waals surface area contributed by atoms with Gasteiger partial charge in [0.2, 0.25) is 11.8 Å². The number of hydrogen-bond acceptors (Lipinski definition) is 13. The highest BCUT2D eigenvalue weighted by Crippen LogP contribution is 2.42. The van der Waals surface area contributed by atoms with E-state index < -0.39 is 14.6 Å². The Morgan fingerprint density at radius 1 is 1.20 bits per heavy atom. The molecule has 0 amide bonds. The topological polar surface area (TPSA) is 167 Å². The van der Waals surface area contributed by atoms with Crippen LogP contribution in [0.2, 0.25) is 0 Å². The van der Waals surface area contributed by atoms with Gasteiger partial charge in [-0.05, 0) is 44.5 Å². The zero-order chi connectivity index (χ0) is 31.5. The van der Waals surface area contributed by atoms with Crippen LogP contribution in [0.4, 0.5) is 5.95 Å². The number of esters is 1. The van der Waals surface area contributed by atoms with Crippen LogP contribution >= 0.6 is 8.53 Å². The average Bonchev–Trinajstić information content (AvgIpc) is 3.57. The molecule has 1 aromatic carbocycles. The number of aromatic nitrogens is 5. The number of imidazole rings is 1. The normalized spacial score (nSPS) is 22.0. The molecule has 2 fully saturated rings. The molecule has 3 N–H and O–H groups in total. The van der Waals surface area contributed by atoms with Gasteiger partial charge in [-0.1, -0.05) is 13.0 Å². The van der Waals surface area contributed by atoms with Crippen molar-refractivity contribution in [2.75, 3.05) is 32.7 Å².